The van der Waals surface area contributed by atoms with Crippen LogP contribution in [-0.2, 0) is 13.6 Å². The molecule has 0 aliphatic carbocycles. The summed E-state index contributed by atoms with van der Waals surface area (Å²) >= 11 is 0. The second kappa shape index (κ2) is 8.62. The van der Waals surface area contributed by atoms with Crippen molar-refractivity contribution in [3.8, 4) is 0 Å². The molecule has 2 unspecified atom stereocenters. The van der Waals surface area contributed by atoms with E-state index in [-0.39, 0.29) is 0 Å². The normalized spacial score (nSPS) is 15.3. The van der Waals surface area contributed by atoms with Crippen LogP contribution in [0.15, 0.2) is 5.16 Å². The molecule has 0 aromatic carbocycles. The van der Waals surface area contributed by atoms with E-state index in [9.17, 15) is 4.57 Å². The van der Waals surface area contributed by atoms with Crippen LogP contribution in [0.3, 0.4) is 0 Å². The Kier molecular flexibility index (Phi) is 8.35. The number of oxime groups is 1. The van der Waals surface area contributed by atoms with E-state index in [0.29, 0.717) is 18.2 Å². The molecule has 0 saturated heterocycles. The summed E-state index contributed by atoms with van der Waals surface area (Å²) < 4.78 is 21.3. The molecule has 0 bridgehead atoms. The molecule has 0 aliphatic rings. The third kappa shape index (κ3) is 7.74. The molecule has 16 heavy (non-hydrogen) atoms. The van der Waals surface area contributed by atoms with Crippen molar-refractivity contribution in [2.75, 3.05) is 6.61 Å². The number of hydrogen-bond acceptors (Lipinski definition) is 5. The van der Waals surface area contributed by atoms with Gasteiger partial charge in [-0.15, -0.1) is 9.05 Å². The quantitative estimate of drug-likeness (QED) is 0.236. The highest BCUT2D eigenvalue weighted by molar-refractivity contribution is 7.33. The van der Waals surface area contributed by atoms with Gasteiger partial charge < -0.3 is 5.21 Å². The minimum absolute atomic E-state index is 0.370. The smallest absolute Gasteiger partial charge is 0.411 e. The van der Waals surface area contributed by atoms with Gasteiger partial charge in [-0.3, -0.25) is 0 Å². The molecule has 0 rings (SSSR count). The highest BCUT2D eigenvalue weighted by Gasteiger charge is 2.26. The molecule has 6 heteroatoms. The monoisotopic (exact) mass is 250 g/mol. The first-order valence-corrected chi connectivity index (χ1v) is 6.52. The fourth-order valence-electron chi connectivity index (χ4n) is 0.948. The topological polar surface area (TPSA) is 68.1 Å². The van der Waals surface area contributed by atoms with Crippen LogP contribution in [0.1, 0.15) is 40.5 Å². The summed E-state index contributed by atoms with van der Waals surface area (Å²) in [7, 11) is -2.13. The first kappa shape index (κ1) is 15.5. The van der Waals surface area contributed by atoms with E-state index in [1.807, 2.05) is 0 Å². The molecule has 0 heterocycles. The van der Waals surface area contributed by atoms with Crippen LogP contribution in [0.5, 0.6) is 0 Å². The zero-order valence-electron chi connectivity index (χ0n) is 10.3. The average Bonchev–Trinajstić information content (AvgIpc) is 2.22. The maximum absolute atomic E-state index is 11.3. The molecule has 0 spiro atoms. The number of hydrogen-bond donors (Lipinski definition) is 1. The molecule has 2 atom stereocenters. The lowest BCUT2D eigenvalue weighted by molar-refractivity contribution is 0.202. The van der Waals surface area contributed by atoms with Crippen LogP contribution >= 0.6 is 8.25 Å². The average molecular weight is 250 g/mol. The van der Waals surface area contributed by atoms with Gasteiger partial charge in [0.05, 0.1) is 5.71 Å². The predicted octanol–water partition coefficient (Wildman–Crippen LogP) is 3.35. The Morgan fingerprint density at radius 1 is 1.44 bits per heavy atom. The van der Waals surface area contributed by atoms with Crippen LogP contribution in [0.4, 0.5) is 0 Å². The van der Waals surface area contributed by atoms with E-state index >= 15 is 0 Å². The van der Waals surface area contributed by atoms with E-state index in [4.69, 9.17) is 14.3 Å². The zero-order chi connectivity index (χ0) is 12.6. The van der Waals surface area contributed by atoms with Gasteiger partial charge in [0, 0.05) is 4.57 Å². The molecule has 0 aromatic rings. The van der Waals surface area contributed by atoms with Crippen molar-refractivity contribution in [3.05, 3.63) is 0 Å². The molecule has 0 fully saturated rings. The lowest BCUT2D eigenvalue weighted by atomic mass is 10.1. The first-order chi connectivity index (χ1) is 7.47. The maximum Gasteiger partial charge on any atom is 0.698 e. The summed E-state index contributed by atoms with van der Waals surface area (Å²) in [5.74, 6) is 0.616. The fourth-order valence-corrected chi connectivity index (χ4v) is 1.70. The predicted molar refractivity (Wildman–Crippen MR) is 63.1 cm³/mol. The summed E-state index contributed by atoms with van der Waals surface area (Å²) in [6.07, 6.45) is 1.40. The van der Waals surface area contributed by atoms with Crippen molar-refractivity contribution in [3.63, 3.8) is 0 Å². The van der Waals surface area contributed by atoms with Crippen molar-refractivity contribution in [1.29, 1.82) is 0 Å². The van der Waals surface area contributed by atoms with Crippen LogP contribution in [0, 0.1) is 5.92 Å². The Morgan fingerprint density at radius 2 is 2.06 bits per heavy atom. The van der Waals surface area contributed by atoms with Crippen molar-refractivity contribution in [2.24, 2.45) is 11.1 Å². The summed E-state index contributed by atoms with van der Waals surface area (Å²) in [5, 5.41) is 11.4. The highest BCUT2D eigenvalue weighted by Crippen LogP contribution is 2.26. The zero-order valence-corrected chi connectivity index (χ0v) is 11.2. The third-order valence-corrected chi connectivity index (χ3v) is 2.99. The molecule has 1 N–H and O–H groups in total. The van der Waals surface area contributed by atoms with Crippen LogP contribution in [0.2, 0.25) is 0 Å². The van der Waals surface area contributed by atoms with Crippen molar-refractivity contribution < 1.29 is 18.8 Å². The molecular weight excluding hydrogens is 229 g/mol. The largest absolute Gasteiger partial charge is 0.698 e. The van der Waals surface area contributed by atoms with E-state index in [0.717, 1.165) is 12.8 Å². The molecule has 0 aliphatic heterocycles. The van der Waals surface area contributed by atoms with Gasteiger partial charge >= 0.3 is 8.25 Å². The lowest BCUT2D eigenvalue weighted by Crippen LogP contribution is -2.14. The second-order valence-electron chi connectivity index (χ2n) is 4.08. The molecule has 0 saturated carbocycles. The Bertz CT molecular complexity index is 243. The molecule has 0 radical (unpaired) electrons. The van der Waals surface area contributed by atoms with Gasteiger partial charge in [-0.25, -0.2) is 0 Å². The number of nitrogens with zero attached hydrogens (tertiary/aromatic N) is 1. The summed E-state index contributed by atoms with van der Waals surface area (Å²) in [6.45, 7) is 7.92. The summed E-state index contributed by atoms with van der Waals surface area (Å²) in [5.41, 5.74) is 0.370. The molecule has 94 valence electrons. The number of rotatable bonds is 8. The Morgan fingerprint density at radius 3 is 2.56 bits per heavy atom. The second-order valence-corrected chi connectivity index (χ2v) is 5.00. The van der Waals surface area contributed by atoms with Crippen LogP contribution in [0.25, 0.3) is 0 Å². The summed E-state index contributed by atoms with van der Waals surface area (Å²) in [6, 6.07) is 0. The lowest BCUT2D eigenvalue weighted by Gasteiger charge is -2.02. The minimum Gasteiger partial charge on any atom is -0.411 e. The summed E-state index contributed by atoms with van der Waals surface area (Å²) in [4.78, 5) is 0. The molecule has 0 amide bonds. The van der Waals surface area contributed by atoms with Gasteiger partial charge in [-0.1, -0.05) is 19.0 Å². The van der Waals surface area contributed by atoms with E-state index in [1.54, 1.807) is 13.8 Å². The van der Waals surface area contributed by atoms with Gasteiger partial charge in [0.15, 0.2) is 6.10 Å². The molecule has 0 aromatic heterocycles. The highest BCUT2D eigenvalue weighted by atomic mass is 31.1. The van der Waals surface area contributed by atoms with Crippen LogP contribution in [-0.4, -0.2) is 23.6 Å². The van der Waals surface area contributed by atoms with Crippen LogP contribution < -0.4 is 0 Å². The standard InChI is InChI=1S/C10H20NO4P/c1-8(2)6-5-7-14-16(13)15-10(4)9(3)11-12/h8,10H,5-7H2,1-4H3/p+1. The van der Waals surface area contributed by atoms with Gasteiger partial charge in [0.25, 0.3) is 0 Å². The van der Waals surface area contributed by atoms with Gasteiger partial charge in [0.2, 0.25) is 0 Å². The SMILES string of the molecule is CC(=NO)C(C)O[P+](=O)OCCCC(C)C. The molecule has 5 nitrogen and oxygen atoms in total. The Hall–Kier alpha value is -0.510. The van der Waals surface area contributed by atoms with Crippen molar-refractivity contribution in [1.82, 2.24) is 0 Å². The van der Waals surface area contributed by atoms with E-state index in [2.05, 4.69) is 19.0 Å². The molecular formula is C10H21NO4P+. The van der Waals surface area contributed by atoms with Gasteiger partial charge in [-0.2, -0.15) is 0 Å². The van der Waals surface area contributed by atoms with E-state index < -0.39 is 14.4 Å². The maximum atomic E-state index is 11.3. The first-order valence-electron chi connectivity index (χ1n) is 5.42. The van der Waals surface area contributed by atoms with Gasteiger partial charge in [0.1, 0.15) is 6.61 Å². The van der Waals surface area contributed by atoms with Crippen molar-refractivity contribution >= 4 is 14.0 Å². The fraction of sp³-hybridized carbons (Fsp3) is 0.900. The third-order valence-electron chi connectivity index (χ3n) is 2.11. The minimum atomic E-state index is -2.13. The Labute approximate surface area is 97.8 Å². The Balaban J connectivity index is 3.67. The van der Waals surface area contributed by atoms with Crippen molar-refractivity contribution in [2.45, 2.75) is 46.6 Å². The van der Waals surface area contributed by atoms with E-state index in [1.165, 1.54) is 0 Å². The van der Waals surface area contributed by atoms with Gasteiger partial charge in [-0.05, 0) is 32.6 Å².